The smallest absolute Gasteiger partial charge is 0.271 e. The summed E-state index contributed by atoms with van der Waals surface area (Å²) < 4.78 is 5.21. The minimum Gasteiger partial charge on any atom is -0.271 e. The summed E-state index contributed by atoms with van der Waals surface area (Å²) in [6, 6.07) is 16.3. The van der Waals surface area contributed by atoms with Crippen molar-refractivity contribution in [1.29, 1.82) is 0 Å². The van der Waals surface area contributed by atoms with Crippen molar-refractivity contribution in [2.75, 3.05) is 0 Å². The molecule has 5 rings (SSSR count). The molecular formula is C26H26N4O2S. The monoisotopic (exact) mass is 458 g/mol. The quantitative estimate of drug-likeness (QED) is 0.383. The third-order valence-corrected chi connectivity index (χ3v) is 7.09. The zero-order chi connectivity index (χ0) is 23.3. The van der Waals surface area contributed by atoms with Crippen LogP contribution in [0.15, 0.2) is 63.5 Å². The van der Waals surface area contributed by atoms with E-state index in [1.807, 2.05) is 37.4 Å². The van der Waals surface area contributed by atoms with Gasteiger partial charge in [-0.3, -0.25) is 9.36 Å². The topological polar surface area (TPSA) is 61.3 Å². The average molecular weight is 459 g/mol. The van der Waals surface area contributed by atoms with E-state index in [0.29, 0.717) is 35.0 Å². The maximum Gasteiger partial charge on any atom is 0.352 e. The summed E-state index contributed by atoms with van der Waals surface area (Å²) in [5, 5.41) is 6.49. The molecule has 0 spiro atoms. The van der Waals surface area contributed by atoms with Gasteiger partial charge < -0.3 is 0 Å². The maximum absolute atomic E-state index is 13.4. The second-order valence-corrected chi connectivity index (χ2v) is 9.84. The molecule has 0 amide bonds. The Kier molecular flexibility index (Phi) is 5.29. The molecule has 0 saturated heterocycles. The highest BCUT2D eigenvalue weighted by Crippen LogP contribution is 2.20. The first kappa shape index (κ1) is 21.4. The molecular weight excluding hydrogens is 432 g/mol. The van der Waals surface area contributed by atoms with Crippen LogP contribution in [0.3, 0.4) is 0 Å². The SMILES string of the molecule is Cc1ccc(C)c(Cn2nc3n(Cc4ccc(C(C)C)cc4)c(=O)c4sccc4n3c2=O)c1. The van der Waals surface area contributed by atoms with Gasteiger partial charge in [-0.1, -0.05) is 61.9 Å². The summed E-state index contributed by atoms with van der Waals surface area (Å²) in [5.74, 6) is 0.810. The molecule has 0 radical (unpaired) electrons. The Bertz CT molecular complexity index is 1600. The standard InChI is InChI=1S/C26H26N4O2S/c1-16(2)20-9-7-19(8-10-20)14-28-24(31)23-22(11-12-33-23)30-25(28)27-29(26(30)32)15-21-13-17(3)5-6-18(21)4/h5-13,16H,14-15H2,1-4H3. The Morgan fingerprint density at radius 3 is 2.45 bits per heavy atom. The van der Waals surface area contributed by atoms with Crippen LogP contribution in [0.1, 0.15) is 47.6 Å². The van der Waals surface area contributed by atoms with Crippen molar-refractivity contribution >= 4 is 27.3 Å². The molecule has 7 heteroatoms. The van der Waals surface area contributed by atoms with Gasteiger partial charge in [-0.15, -0.1) is 16.4 Å². The minimum absolute atomic E-state index is 0.121. The lowest BCUT2D eigenvalue weighted by Gasteiger charge is -2.10. The fourth-order valence-corrected chi connectivity index (χ4v) is 5.03. The number of hydrogen-bond donors (Lipinski definition) is 0. The van der Waals surface area contributed by atoms with Gasteiger partial charge in [0.05, 0.1) is 18.6 Å². The van der Waals surface area contributed by atoms with Crippen LogP contribution in [-0.4, -0.2) is 18.7 Å². The lowest BCUT2D eigenvalue weighted by molar-refractivity contribution is 0.652. The summed E-state index contributed by atoms with van der Waals surface area (Å²) in [7, 11) is 0. The van der Waals surface area contributed by atoms with Crippen LogP contribution >= 0.6 is 11.3 Å². The Balaban J connectivity index is 1.68. The first-order valence-corrected chi connectivity index (χ1v) is 12.0. The number of benzene rings is 2. The van der Waals surface area contributed by atoms with E-state index in [2.05, 4.69) is 49.3 Å². The number of hydrogen-bond acceptors (Lipinski definition) is 4. The Morgan fingerprint density at radius 1 is 0.970 bits per heavy atom. The highest BCUT2D eigenvalue weighted by molar-refractivity contribution is 7.17. The number of aryl methyl sites for hydroxylation is 2. The molecule has 0 saturated carbocycles. The van der Waals surface area contributed by atoms with Crippen LogP contribution in [0.2, 0.25) is 0 Å². The predicted molar refractivity (Wildman–Crippen MR) is 134 cm³/mol. The van der Waals surface area contributed by atoms with E-state index >= 15 is 0 Å². The fraction of sp³-hybridized carbons (Fsp3) is 0.269. The van der Waals surface area contributed by atoms with Crippen molar-refractivity contribution in [3.05, 3.63) is 103 Å². The van der Waals surface area contributed by atoms with Gasteiger partial charge in [-0.2, -0.15) is 0 Å². The largest absolute Gasteiger partial charge is 0.352 e. The highest BCUT2D eigenvalue weighted by Gasteiger charge is 2.19. The molecule has 0 unspecified atom stereocenters. The second kappa shape index (κ2) is 8.15. The van der Waals surface area contributed by atoms with Crippen molar-refractivity contribution in [1.82, 2.24) is 18.7 Å². The number of aromatic nitrogens is 4. The van der Waals surface area contributed by atoms with Gasteiger partial charge in [0, 0.05) is 0 Å². The van der Waals surface area contributed by atoms with E-state index < -0.39 is 0 Å². The van der Waals surface area contributed by atoms with E-state index in [9.17, 15) is 9.59 Å². The second-order valence-electron chi connectivity index (χ2n) is 8.93. The Morgan fingerprint density at radius 2 is 1.73 bits per heavy atom. The number of nitrogens with zero attached hydrogens (tertiary/aromatic N) is 4. The summed E-state index contributed by atoms with van der Waals surface area (Å²) in [6.07, 6.45) is 0. The third-order valence-electron chi connectivity index (χ3n) is 6.20. The summed E-state index contributed by atoms with van der Waals surface area (Å²) in [5.41, 5.74) is 5.78. The lowest BCUT2D eigenvalue weighted by atomic mass is 10.0. The number of thiophene rings is 1. The van der Waals surface area contributed by atoms with Gasteiger partial charge in [0.1, 0.15) is 4.70 Å². The lowest BCUT2D eigenvalue weighted by Crippen LogP contribution is -2.26. The maximum atomic E-state index is 13.4. The first-order chi connectivity index (χ1) is 15.8. The van der Waals surface area contributed by atoms with Crippen molar-refractivity contribution < 1.29 is 0 Å². The van der Waals surface area contributed by atoms with Gasteiger partial charge in [0.2, 0.25) is 5.78 Å². The molecule has 6 nitrogen and oxygen atoms in total. The highest BCUT2D eigenvalue weighted by atomic mass is 32.1. The van der Waals surface area contributed by atoms with Gasteiger partial charge in [-0.25, -0.2) is 13.9 Å². The van der Waals surface area contributed by atoms with Crippen LogP contribution in [-0.2, 0) is 13.1 Å². The molecule has 0 fully saturated rings. The van der Waals surface area contributed by atoms with E-state index in [4.69, 9.17) is 0 Å². The van der Waals surface area contributed by atoms with Crippen LogP contribution in [0.25, 0.3) is 16.0 Å². The molecule has 0 N–H and O–H groups in total. The summed E-state index contributed by atoms with van der Waals surface area (Å²) in [4.78, 5) is 26.8. The predicted octanol–water partition coefficient (Wildman–Crippen LogP) is 4.71. The third kappa shape index (κ3) is 3.72. The average Bonchev–Trinajstić information content (AvgIpc) is 3.39. The van der Waals surface area contributed by atoms with Crippen LogP contribution in [0, 0.1) is 13.8 Å². The van der Waals surface area contributed by atoms with Gasteiger partial charge in [0.15, 0.2) is 0 Å². The van der Waals surface area contributed by atoms with E-state index in [-0.39, 0.29) is 11.2 Å². The molecule has 3 heterocycles. The van der Waals surface area contributed by atoms with Crippen molar-refractivity contribution in [3.63, 3.8) is 0 Å². The van der Waals surface area contributed by atoms with Crippen LogP contribution < -0.4 is 11.2 Å². The number of fused-ring (bicyclic) bond motifs is 3. The summed E-state index contributed by atoms with van der Waals surface area (Å²) >= 11 is 1.36. The molecule has 0 aliphatic carbocycles. The zero-order valence-electron chi connectivity index (χ0n) is 19.2. The van der Waals surface area contributed by atoms with E-state index in [0.717, 1.165) is 22.3 Å². The van der Waals surface area contributed by atoms with Crippen molar-refractivity contribution in [2.45, 2.75) is 46.7 Å². The number of rotatable bonds is 5. The molecule has 33 heavy (non-hydrogen) atoms. The molecule has 0 atom stereocenters. The van der Waals surface area contributed by atoms with E-state index in [1.54, 1.807) is 8.97 Å². The van der Waals surface area contributed by atoms with Crippen LogP contribution in [0.5, 0.6) is 0 Å². The summed E-state index contributed by atoms with van der Waals surface area (Å²) in [6.45, 7) is 9.09. The Labute approximate surface area is 195 Å². The molecule has 0 aliphatic heterocycles. The van der Waals surface area contributed by atoms with Crippen LogP contribution in [0.4, 0.5) is 0 Å². The molecule has 3 aromatic heterocycles. The van der Waals surface area contributed by atoms with Crippen molar-refractivity contribution in [2.24, 2.45) is 0 Å². The van der Waals surface area contributed by atoms with Gasteiger partial charge >= 0.3 is 5.69 Å². The minimum atomic E-state index is -0.238. The van der Waals surface area contributed by atoms with Gasteiger partial charge in [-0.05, 0) is 53.5 Å². The molecule has 0 aliphatic rings. The zero-order valence-corrected chi connectivity index (χ0v) is 20.0. The van der Waals surface area contributed by atoms with Crippen molar-refractivity contribution in [3.8, 4) is 0 Å². The molecule has 0 bridgehead atoms. The van der Waals surface area contributed by atoms with E-state index in [1.165, 1.54) is 21.6 Å². The molecule has 5 aromatic rings. The molecule has 2 aromatic carbocycles. The molecule has 168 valence electrons. The Hall–Kier alpha value is -3.45. The normalized spacial score (nSPS) is 11.8. The van der Waals surface area contributed by atoms with Gasteiger partial charge in [0.25, 0.3) is 5.56 Å². The fourth-order valence-electron chi connectivity index (χ4n) is 4.20. The first-order valence-electron chi connectivity index (χ1n) is 11.1.